The quantitative estimate of drug-likeness (QED) is 0.599. The van der Waals surface area contributed by atoms with E-state index >= 15 is 0 Å². The number of fused-ring (bicyclic) bond motifs is 2. The van der Waals surface area contributed by atoms with E-state index in [4.69, 9.17) is 0 Å². The average Bonchev–Trinajstić information content (AvgIpc) is 3.38. The summed E-state index contributed by atoms with van der Waals surface area (Å²) in [6.07, 6.45) is 3.91. The highest BCUT2D eigenvalue weighted by molar-refractivity contribution is 6.00. The second-order valence-corrected chi connectivity index (χ2v) is 9.63. The molecule has 1 saturated heterocycles. The molecular weight excluding hydrogens is 370 g/mol. The fourth-order valence-electron chi connectivity index (χ4n) is 5.74. The van der Waals surface area contributed by atoms with Gasteiger partial charge < -0.3 is 9.88 Å². The van der Waals surface area contributed by atoms with Crippen LogP contribution in [0.4, 0.5) is 0 Å². The lowest BCUT2D eigenvalue weighted by Crippen LogP contribution is -2.29. The van der Waals surface area contributed by atoms with E-state index in [1.54, 1.807) is 0 Å². The predicted octanol–water partition coefficient (Wildman–Crippen LogP) is 5.84. The molecule has 1 aliphatic heterocycles. The van der Waals surface area contributed by atoms with Crippen molar-refractivity contribution in [3.63, 3.8) is 0 Å². The SMILES string of the molecule is Cc1cc(-c2[nH]c3ccc(C(=O)N4CC5CCCC5C4)cc3c2C(C)C)cc(C)n1. The van der Waals surface area contributed by atoms with Crippen molar-refractivity contribution in [1.29, 1.82) is 0 Å². The second kappa shape index (κ2) is 7.26. The molecule has 0 spiro atoms. The topological polar surface area (TPSA) is 49.0 Å². The van der Waals surface area contributed by atoms with Gasteiger partial charge in [0.25, 0.3) is 5.91 Å². The zero-order valence-corrected chi connectivity index (χ0v) is 18.5. The number of carbonyl (C=O) groups excluding carboxylic acids is 1. The van der Waals surface area contributed by atoms with Crippen LogP contribution < -0.4 is 0 Å². The van der Waals surface area contributed by atoms with E-state index in [0.29, 0.717) is 5.92 Å². The van der Waals surface area contributed by atoms with Gasteiger partial charge in [0.2, 0.25) is 0 Å². The van der Waals surface area contributed by atoms with Gasteiger partial charge in [-0.05, 0) is 80.3 Å². The summed E-state index contributed by atoms with van der Waals surface area (Å²) in [5, 5.41) is 1.16. The van der Waals surface area contributed by atoms with Gasteiger partial charge in [0.05, 0.1) is 5.69 Å². The van der Waals surface area contributed by atoms with Gasteiger partial charge in [-0.15, -0.1) is 0 Å². The molecule has 4 heteroatoms. The lowest BCUT2D eigenvalue weighted by atomic mass is 9.95. The van der Waals surface area contributed by atoms with Crippen LogP contribution >= 0.6 is 0 Å². The molecule has 1 aliphatic carbocycles. The molecule has 2 aliphatic rings. The summed E-state index contributed by atoms with van der Waals surface area (Å²) < 4.78 is 0. The van der Waals surface area contributed by atoms with E-state index in [9.17, 15) is 4.79 Å². The largest absolute Gasteiger partial charge is 0.354 e. The fraction of sp³-hybridized carbons (Fsp3) is 0.462. The van der Waals surface area contributed by atoms with Crippen LogP contribution in [0.3, 0.4) is 0 Å². The monoisotopic (exact) mass is 401 g/mol. The molecule has 1 N–H and O–H groups in total. The molecule has 3 aromatic rings. The molecule has 1 saturated carbocycles. The maximum absolute atomic E-state index is 13.3. The Hall–Kier alpha value is -2.62. The van der Waals surface area contributed by atoms with E-state index in [2.05, 4.69) is 53.0 Å². The summed E-state index contributed by atoms with van der Waals surface area (Å²) >= 11 is 0. The molecule has 2 aromatic heterocycles. The van der Waals surface area contributed by atoms with E-state index < -0.39 is 0 Å². The first-order valence-electron chi connectivity index (χ1n) is 11.3. The number of aromatic amines is 1. The van der Waals surface area contributed by atoms with E-state index in [1.807, 2.05) is 19.9 Å². The molecule has 0 bridgehead atoms. The Morgan fingerprint density at radius 2 is 1.73 bits per heavy atom. The van der Waals surface area contributed by atoms with Crippen LogP contribution in [-0.2, 0) is 0 Å². The van der Waals surface area contributed by atoms with Crippen LogP contribution in [0.1, 0.15) is 66.3 Å². The van der Waals surface area contributed by atoms with Crippen molar-refractivity contribution >= 4 is 16.8 Å². The number of rotatable bonds is 3. The summed E-state index contributed by atoms with van der Waals surface area (Å²) in [4.78, 5) is 23.5. The van der Waals surface area contributed by atoms with Gasteiger partial charge in [0, 0.05) is 46.5 Å². The first-order chi connectivity index (χ1) is 14.4. The smallest absolute Gasteiger partial charge is 0.253 e. The van der Waals surface area contributed by atoms with E-state index in [-0.39, 0.29) is 5.91 Å². The molecule has 156 valence electrons. The minimum absolute atomic E-state index is 0.194. The molecule has 5 rings (SSSR count). The molecule has 4 nitrogen and oxygen atoms in total. The molecule has 2 atom stereocenters. The highest BCUT2D eigenvalue weighted by Crippen LogP contribution is 2.39. The summed E-state index contributed by atoms with van der Waals surface area (Å²) in [6, 6.07) is 10.5. The Labute approximate surface area is 178 Å². The number of carbonyl (C=O) groups is 1. The number of amides is 1. The number of aryl methyl sites for hydroxylation is 2. The number of benzene rings is 1. The predicted molar refractivity (Wildman–Crippen MR) is 122 cm³/mol. The van der Waals surface area contributed by atoms with Gasteiger partial charge in [-0.25, -0.2) is 0 Å². The zero-order chi connectivity index (χ0) is 21.0. The summed E-state index contributed by atoms with van der Waals surface area (Å²) in [6.45, 7) is 10.4. The number of pyridine rings is 1. The average molecular weight is 402 g/mol. The summed E-state index contributed by atoms with van der Waals surface area (Å²) in [5.74, 6) is 1.99. The van der Waals surface area contributed by atoms with E-state index in [0.717, 1.165) is 58.5 Å². The molecule has 0 radical (unpaired) electrons. The van der Waals surface area contributed by atoms with Crippen LogP contribution in [0.25, 0.3) is 22.2 Å². The molecule has 30 heavy (non-hydrogen) atoms. The third-order valence-corrected chi connectivity index (χ3v) is 7.05. The number of hydrogen-bond donors (Lipinski definition) is 1. The van der Waals surface area contributed by atoms with Crippen molar-refractivity contribution in [2.45, 2.75) is 52.9 Å². The lowest BCUT2D eigenvalue weighted by molar-refractivity contribution is 0.0781. The highest BCUT2D eigenvalue weighted by atomic mass is 16.2. The number of H-pyrrole nitrogens is 1. The summed E-state index contributed by atoms with van der Waals surface area (Å²) in [7, 11) is 0. The van der Waals surface area contributed by atoms with Crippen molar-refractivity contribution in [3.05, 3.63) is 52.8 Å². The van der Waals surface area contributed by atoms with Crippen molar-refractivity contribution in [1.82, 2.24) is 14.9 Å². The van der Waals surface area contributed by atoms with Gasteiger partial charge in [-0.3, -0.25) is 9.78 Å². The molecule has 3 heterocycles. The second-order valence-electron chi connectivity index (χ2n) is 9.63. The standard InChI is InChI=1S/C26H31N3O/c1-15(2)24-22-12-18(26(30)29-13-19-6-5-7-20(19)14-29)8-9-23(22)28-25(24)21-10-16(3)27-17(4)11-21/h8-12,15,19-20,28H,5-7,13-14H2,1-4H3. The number of aromatic nitrogens is 2. The van der Waals surface area contributed by atoms with Gasteiger partial charge in [0.15, 0.2) is 0 Å². The van der Waals surface area contributed by atoms with Crippen molar-refractivity contribution in [3.8, 4) is 11.3 Å². The molecule has 1 amide bonds. The van der Waals surface area contributed by atoms with Crippen LogP contribution in [0.15, 0.2) is 30.3 Å². The van der Waals surface area contributed by atoms with Gasteiger partial charge >= 0.3 is 0 Å². The fourth-order valence-corrected chi connectivity index (χ4v) is 5.74. The number of nitrogens with one attached hydrogen (secondary N) is 1. The van der Waals surface area contributed by atoms with E-state index in [1.165, 1.54) is 30.4 Å². The van der Waals surface area contributed by atoms with Crippen LogP contribution in [-0.4, -0.2) is 33.9 Å². The molecule has 2 unspecified atom stereocenters. The van der Waals surface area contributed by atoms with Gasteiger partial charge in [0.1, 0.15) is 0 Å². The maximum Gasteiger partial charge on any atom is 0.253 e. The van der Waals surface area contributed by atoms with Crippen LogP contribution in [0, 0.1) is 25.7 Å². The maximum atomic E-state index is 13.3. The number of hydrogen-bond acceptors (Lipinski definition) is 2. The van der Waals surface area contributed by atoms with Crippen molar-refractivity contribution < 1.29 is 4.79 Å². The Morgan fingerprint density at radius 3 is 2.37 bits per heavy atom. The van der Waals surface area contributed by atoms with Gasteiger partial charge in [-0.1, -0.05) is 20.3 Å². The normalized spacial score (nSPS) is 21.0. The Balaban J connectivity index is 1.55. The van der Waals surface area contributed by atoms with Crippen LogP contribution in [0.2, 0.25) is 0 Å². The minimum Gasteiger partial charge on any atom is -0.354 e. The van der Waals surface area contributed by atoms with Crippen LogP contribution in [0.5, 0.6) is 0 Å². The molecule has 2 fully saturated rings. The van der Waals surface area contributed by atoms with Crippen molar-refractivity contribution in [2.24, 2.45) is 11.8 Å². The van der Waals surface area contributed by atoms with Gasteiger partial charge in [-0.2, -0.15) is 0 Å². The first kappa shape index (κ1) is 19.3. The molecule has 1 aromatic carbocycles. The third-order valence-electron chi connectivity index (χ3n) is 7.05. The highest BCUT2D eigenvalue weighted by Gasteiger charge is 2.38. The molecular formula is C26H31N3O. The summed E-state index contributed by atoms with van der Waals surface area (Å²) in [5.41, 5.74) is 7.55. The Bertz CT molecular complexity index is 1090. The van der Waals surface area contributed by atoms with Crippen molar-refractivity contribution in [2.75, 3.05) is 13.1 Å². The first-order valence-corrected chi connectivity index (χ1v) is 11.3. The minimum atomic E-state index is 0.194. The Kier molecular flexibility index (Phi) is 4.68. The lowest BCUT2D eigenvalue weighted by Gasteiger charge is -2.17. The third kappa shape index (κ3) is 3.23. The zero-order valence-electron chi connectivity index (χ0n) is 18.5. The Morgan fingerprint density at radius 1 is 1.07 bits per heavy atom. The number of likely N-dealkylation sites (tertiary alicyclic amines) is 1. The number of nitrogens with zero attached hydrogens (tertiary/aromatic N) is 2.